The summed E-state index contributed by atoms with van der Waals surface area (Å²) in [4.78, 5) is 0. The summed E-state index contributed by atoms with van der Waals surface area (Å²) in [5.74, 6) is 0. The average molecular weight is 472 g/mol. The van der Waals surface area contributed by atoms with Crippen molar-refractivity contribution in [1.82, 2.24) is 0 Å². The molecule has 4 N–H and O–H groups in total. The lowest BCUT2D eigenvalue weighted by atomic mass is 9.58. The summed E-state index contributed by atoms with van der Waals surface area (Å²) in [6, 6.07) is 42.2. The Morgan fingerprint density at radius 1 is 0.417 bits per heavy atom. The molecule has 4 heteroatoms. The summed E-state index contributed by atoms with van der Waals surface area (Å²) < 4.78 is 0. The average Bonchev–Trinajstić information content (AvgIpc) is 2.96. The van der Waals surface area contributed by atoms with Gasteiger partial charge in [0.15, 0.2) is 0 Å². The van der Waals surface area contributed by atoms with Crippen LogP contribution in [0.1, 0.15) is 35.1 Å². The molecule has 4 rings (SSSR count). The van der Waals surface area contributed by atoms with E-state index in [4.69, 9.17) is 11.5 Å². The fraction of sp³-hybridized carbons (Fsp3) is 0.250. The summed E-state index contributed by atoms with van der Waals surface area (Å²) in [6.07, 6.45) is 6.76. The van der Waals surface area contributed by atoms with Crippen LogP contribution in [0.3, 0.4) is 0 Å². The van der Waals surface area contributed by atoms with Crippen molar-refractivity contribution in [2.45, 2.75) is 49.2 Å². The Bertz CT molecular complexity index is 978. The zero-order chi connectivity index (χ0) is 25.1. The Morgan fingerprint density at radius 2 is 0.667 bits per heavy atom. The van der Waals surface area contributed by atoms with Crippen LogP contribution in [-0.2, 0) is 11.1 Å². The molecule has 0 atom stereocenters. The molecule has 0 amide bonds. The van der Waals surface area contributed by atoms with E-state index in [0.29, 0.717) is 0 Å². The van der Waals surface area contributed by atoms with E-state index in [1.165, 1.54) is 47.7 Å². The SMILES string of the molecule is NC(CBCCCCBCC(N)(c1ccccc1)c1ccccc1)(c1ccccc1)c1ccccc1. The number of rotatable bonds is 13. The van der Waals surface area contributed by atoms with Gasteiger partial charge in [0.25, 0.3) is 0 Å². The van der Waals surface area contributed by atoms with E-state index in [1.807, 2.05) is 0 Å². The van der Waals surface area contributed by atoms with Crippen molar-refractivity contribution in [2.75, 3.05) is 0 Å². The molecule has 0 spiro atoms. The maximum atomic E-state index is 7.05. The lowest BCUT2D eigenvalue weighted by Crippen LogP contribution is -2.39. The summed E-state index contributed by atoms with van der Waals surface area (Å²) >= 11 is 0. The van der Waals surface area contributed by atoms with Crippen molar-refractivity contribution in [2.24, 2.45) is 11.5 Å². The van der Waals surface area contributed by atoms with Crippen LogP contribution in [0.2, 0.25) is 25.3 Å². The second-order valence-corrected chi connectivity index (χ2v) is 10.0. The minimum absolute atomic E-state index is 0.437. The minimum atomic E-state index is -0.437. The molecule has 0 saturated carbocycles. The Hall–Kier alpha value is -3.07. The Balaban J connectivity index is 1.27. The van der Waals surface area contributed by atoms with Crippen molar-refractivity contribution >= 4 is 14.6 Å². The molecule has 0 aliphatic heterocycles. The molecule has 0 radical (unpaired) electrons. The monoisotopic (exact) mass is 472 g/mol. The molecule has 0 aliphatic rings. The van der Waals surface area contributed by atoms with Crippen LogP contribution in [0.15, 0.2) is 121 Å². The summed E-state index contributed by atoms with van der Waals surface area (Å²) in [6.45, 7) is 0. The van der Waals surface area contributed by atoms with Crippen molar-refractivity contribution < 1.29 is 0 Å². The summed E-state index contributed by atoms with van der Waals surface area (Å²) in [5, 5.41) is 0. The standard InChI is InChI=1S/C32H38B2N2/c35-31(27-15-5-1-6-16-27,28-17-7-2-8-18-28)25-33-23-13-14-24-34-26-32(36,29-19-9-3-10-20-29)30-21-11-4-12-22-30/h1-12,15-22,33-34H,13-14,23-26,35-36H2. The van der Waals surface area contributed by atoms with E-state index in [9.17, 15) is 0 Å². The predicted octanol–water partition coefficient (Wildman–Crippen LogP) is 6.12. The van der Waals surface area contributed by atoms with Crippen molar-refractivity contribution in [3.05, 3.63) is 144 Å². The van der Waals surface area contributed by atoms with Crippen molar-refractivity contribution in [3.8, 4) is 0 Å². The first-order valence-corrected chi connectivity index (χ1v) is 13.4. The van der Waals surface area contributed by atoms with Crippen LogP contribution in [0.4, 0.5) is 0 Å². The topological polar surface area (TPSA) is 52.0 Å². The first kappa shape index (κ1) is 26.0. The fourth-order valence-electron chi connectivity index (χ4n) is 5.37. The maximum absolute atomic E-state index is 7.05. The van der Waals surface area contributed by atoms with E-state index in [1.54, 1.807) is 0 Å². The van der Waals surface area contributed by atoms with Crippen molar-refractivity contribution in [1.29, 1.82) is 0 Å². The number of hydrogen-bond acceptors (Lipinski definition) is 2. The molecule has 4 aromatic carbocycles. The van der Waals surface area contributed by atoms with Gasteiger partial charge >= 0.3 is 0 Å². The molecule has 2 nitrogen and oxygen atoms in total. The molecule has 0 saturated heterocycles. The normalized spacial score (nSPS) is 11.7. The highest BCUT2D eigenvalue weighted by Crippen LogP contribution is 2.32. The highest BCUT2D eigenvalue weighted by atomic mass is 14.7. The minimum Gasteiger partial charge on any atom is -0.318 e. The molecular formula is C32H38B2N2. The third-order valence-corrected chi connectivity index (χ3v) is 7.55. The van der Waals surface area contributed by atoms with Crippen LogP contribution in [0.5, 0.6) is 0 Å². The summed E-state index contributed by atoms with van der Waals surface area (Å²) in [5.41, 5.74) is 18.0. The fourth-order valence-corrected chi connectivity index (χ4v) is 5.37. The second-order valence-electron chi connectivity index (χ2n) is 10.0. The first-order chi connectivity index (χ1) is 17.6. The molecule has 182 valence electrons. The van der Waals surface area contributed by atoms with E-state index in [2.05, 4.69) is 121 Å². The molecular weight excluding hydrogens is 434 g/mol. The van der Waals surface area contributed by atoms with Gasteiger partial charge in [0.2, 0.25) is 0 Å². The van der Waals surface area contributed by atoms with Crippen LogP contribution in [0.25, 0.3) is 0 Å². The largest absolute Gasteiger partial charge is 0.318 e. The Labute approximate surface area is 218 Å². The molecule has 0 bridgehead atoms. The van der Waals surface area contributed by atoms with Crippen LogP contribution in [-0.4, -0.2) is 14.6 Å². The zero-order valence-electron chi connectivity index (χ0n) is 21.4. The lowest BCUT2D eigenvalue weighted by molar-refractivity contribution is 0.596. The van der Waals surface area contributed by atoms with Gasteiger partial charge in [-0.05, 0) is 22.3 Å². The van der Waals surface area contributed by atoms with Gasteiger partial charge in [-0.1, -0.05) is 159 Å². The second kappa shape index (κ2) is 12.8. The van der Waals surface area contributed by atoms with Gasteiger partial charge in [0.05, 0.1) is 11.1 Å². The van der Waals surface area contributed by atoms with Gasteiger partial charge in [0.1, 0.15) is 14.6 Å². The molecule has 0 fully saturated rings. The van der Waals surface area contributed by atoms with Gasteiger partial charge in [0, 0.05) is 0 Å². The van der Waals surface area contributed by atoms with Crippen LogP contribution < -0.4 is 11.5 Å². The van der Waals surface area contributed by atoms with Crippen LogP contribution in [0, 0.1) is 0 Å². The van der Waals surface area contributed by atoms with Gasteiger partial charge < -0.3 is 11.5 Å². The maximum Gasteiger partial charge on any atom is 0.123 e. The lowest BCUT2D eigenvalue weighted by Gasteiger charge is -2.31. The Kier molecular flexibility index (Phi) is 9.22. The highest BCUT2D eigenvalue weighted by Gasteiger charge is 2.30. The first-order valence-electron chi connectivity index (χ1n) is 13.4. The van der Waals surface area contributed by atoms with Gasteiger partial charge in [-0.25, -0.2) is 0 Å². The van der Waals surface area contributed by atoms with Crippen molar-refractivity contribution in [3.63, 3.8) is 0 Å². The summed E-state index contributed by atoms with van der Waals surface area (Å²) in [7, 11) is 2.24. The number of unbranched alkanes of at least 4 members (excludes halogenated alkanes) is 1. The van der Waals surface area contributed by atoms with E-state index < -0.39 is 11.1 Å². The quantitative estimate of drug-likeness (QED) is 0.182. The number of nitrogens with two attached hydrogens (primary N) is 2. The molecule has 0 heterocycles. The molecule has 0 aromatic heterocycles. The molecule has 0 aliphatic carbocycles. The third-order valence-electron chi connectivity index (χ3n) is 7.55. The number of hydrogen-bond donors (Lipinski definition) is 2. The van der Waals surface area contributed by atoms with Gasteiger partial charge in [-0.15, -0.1) is 0 Å². The third kappa shape index (κ3) is 6.37. The van der Waals surface area contributed by atoms with E-state index >= 15 is 0 Å². The van der Waals surface area contributed by atoms with E-state index in [0.717, 1.165) is 27.2 Å². The van der Waals surface area contributed by atoms with E-state index in [-0.39, 0.29) is 0 Å². The van der Waals surface area contributed by atoms with Gasteiger partial charge in [-0.2, -0.15) is 0 Å². The highest BCUT2D eigenvalue weighted by molar-refractivity contribution is 6.36. The molecule has 4 aromatic rings. The van der Waals surface area contributed by atoms with Gasteiger partial charge in [-0.3, -0.25) is 0 Å². The Morgan fingerprint density at radius 3 is 0.917 bits per heavy atom. The predicted molar refractivity (Wildman–Crippen MR) is 158 cm³/mol. The smallest absolute Gasteiger partial charge is 0.123 e. The molecule has 0 unspecified atom stereocenters. The molecule has 36 heavy (non-hydrogen) atoms. The number of benzene rings is 4. The van der Waals surface area contributed by atoms with Crippen LogP contribution >= 0.6 is 0 Å². The zero-order valence-corrected chi connectivity index (χ0v) is 21.4.